The first kappa shape index (κ1) is 9.54. The van der Waals surface area contributed by atoms with Gasteiger partial charge in [-0.1, -0.05) is 11.8 Å². The number of nitrogens with two attached hydrogens (primary N) is 1. The monoisotopic (exact) mass is 226 g/mol. The molecular formula is C8H10N4S2. The molecule has 0 fully saturated rings. The molecule has 0 aliphatic heterocycles. The Hall–Kier alpha value is -1.01. The van der Waals surface area contributed by atoms with Crippen molar-refractivity contribution in [1.29, 1.82) is 0 Å². The minimum Gasteiger partial charge on any atom is -0.368 e. The lowest BCUT2D eigenvalue weighted by molar-refractivity contribution is 0.971. The van der Waals surface area contributed by atoms with Crippen LogP contribution >= 0.6 is 23.1 Å². The molecular weight excluding hydrogens is 216 g/mol. The van der Waals surface area contributed by atoms with Crippen LogP contribution in [0, 0.1) is 0 Å². The first-order chi connectivity index (χ1) is 6.84. The minimum atomic E-state index is 0.378. The summed E-state index contributed by atoms with van der Waals surface area (Å²) >= 11 is 3.33. The van der Waals surface area contributed by atoms with E-state index in [1.54, 1.807) is 23.1 Å². The third-order valence-corrected chi connectivity index (χ3v) is 3.27. The zero-order valence-corrected chi connectivity index (χ0v) is 9.07. The molecule has 0 aromatic carbocycles. The van der Waals surface area contributed by atoms with Gasteiger partial charge in [-0.05, 0) is 28.8 Å². The largest absolute Gasteiger partial charge is 0.368 e. The van der Waals surface area contributed by atoms with Gasteiger partial charge < -0.3 is 5.73 Å². The summed E-state index contributed by atoms with van der Waals surface area (Å²) in [5, 5.41) is 11.5. The summed E-state index contributed by atoms with van der Waals surface area (Å²) in [7, 11) is 0. The van der Waals surface area contributed by atoms with E-state index in [4.69, 9.17) is 5.73 Å². The maximum atomic E-state index is 5.40. The number of aryl methyl sites for hydroxylation is 1. The van der Waals surface area contributed by atoms with Gasteiger partial charge in [0, 0.05) is 5.75 Å². The highest BCUT2D eigenvalue weighted by atomic mass is 32.2. The molecule has 3 N–H and O–H groups in total. The fourth-order valence-electron chi connectivity index (χ4n) is 1.02. The van der Waals surface area contributed by atoms with Crippen molar-refractivity contribution in [3.05, 3.63) is 22.4 Å². The van der Waals surface area contributed by atoms with Gasteiger partial charge in [0.1, 0.15) is 0 Å². The Morgan fingerprint density at radius 2 is 2.50 bits per heavy atom. The molecule has 0 radical (unpaired) electrons. The average molecular weight is 226 g/mol. The van der Waals surface area contributed by atoms with Gasteiger partial charge in [0.2, 0.25) is 11.1 Å². The van der Waals surface area contributed by atoms with Crippen LogP contribution in [0.25, 0.3) is 0 Å². The molecule has 0 unspecified atom stereocenters. The van der Waals surface area contributed by atoms with E-state index in [0.717, 1.165) is 17.3 Å². The van der Waals surface area contributed by atoms with Crippen molar-refractivity contribution in [2.75, 3.05) is 11.5 Å². The van der Waals surface area contributed by atoms with E-state index in [-0.39, 0.29) is 0 Å². The highest BCUT2D eigenvalue weighted by Crippen LogP contribution is 2.16. The van der Waals surface area contributed by atoms with Gasteiger partial charge in [0.05, 0.1) is 0 Å². The Kier molecular flexibility index (Phi) is 3.05. The van der Waals surface area contributed by atoms with Gasteiger partial charge in [0.15, 0.2) is 0 Å². The number of rotatable bonds is 4. The van der Waals surface area contributed by atoms with E-state index in [1.807, 2.05) is 0 Å². The smallest absolute Gasteiger partial charge is 0.216 e. The second-order valence-electron chi connectivity index (χ2n) is 2.73. The number of hydrogen-bond donors (Lipinski definition) is 2. The van der Waals surface area contributed by atoms with Crippen molar-refractivity contribution in [3.63, 3.8) is 0 Å². The van der Waals surface area contributed by atoms with Gasteiger partial charge in [-0.3, -0.25) is 0 Å². The maximum absolute atomic E-state index is 5.40. The first-order valence-electron chi connectivity index (χ1n) is 4.16. The van der Waals surface area contributed by atoms with E-state index in [9.17, 15) is 0 Å². The molecule has 0 aliphatic carbocycles. The van der Waals surface area contributed by atoms with Crippen LogP contribution in [0.5, 0.6) is 0 Å². The van der Waals surface area contributed by atoms with E-state index in [0.29, 0.717) is 5.95 Å². The van der Waals surface area contributed by atoms with Crippen molar-refractivity contribution in [1.82, 2.24) is 15.2 Å². The van der Waals surface area contributed by atoms with E-state index < -0.39 is 0 Å². The molecule has 0 saturated heterocycles. The Balaban J connectivity index is 1.78. The molecule has 0 saturated carbocycles. The summed E-state index contributed by atoms with van der Waals surface area (Å²) in [6.07, 6.45) is 1.04. The van der Waals surface area contributed by atoms with Gasteiger partial charge >= 0.3 is 0 Å². The highest BCUT2D eigenvalue weighted by Gasteiger charge is 2.00. The van der Waals surface area contributed by atoms with Crippen LogP contribution in [0.2, 0.25) is 0 Å². The highest BCUT2D eigenvalue weighted by molar-refractivity contribution is 7.99. The number of thioether (sulfide) groups is 1. The number of hydrogen-bond acceptors (Lipinski definition) is 5. The standard InChI is InChI=1S/C8H10N4S2/c9-7-10-8(12-11-7)14-4-2-6-1-3-13-5-6/h1,3,5H,2,4H2,(H3,9,10,11,12). The first-order valence-corrected chi connectivity index (χ1v) is 6.09. The molecule has 2 heterocycles. The van der Waals surface area contributed by atoms with Crippen LogP contribution in [0.4, 0.5) is 5.95 Å². The minimum absolute atomic E-state index is 0.378. The van der Waals surface area contributed by atoms with Crippen molar-refractivity contribution < 1.29 is 0 Å². The van der Waals surface area contributed by atoms with Crippen molar-refractivity contribution in [3.8, 4) is 0 Å². The molecule has 0 aliphatic rings. The van der Waals surface area contributed by atoms with Crippen LogP contribution in [0.1, 0.15) is 5.56 Å². The van der Waals surface area contributed by atoms with Gasteiger partial charge in [-0.25, -0.2) is 5.10 Å². The predicted octanol–water partition coefficient (Wildman–Crippen LogP) is 1.78. The van der Waals surface area contributed by atoms with Gasteiger partial charge in [0.25, 0.3) is 0 Å². The molecule has 14 heavy (non-hydrogen) atoms. The van der Waals surface area contributed by atoms with E-state index in [1.165, 1.54) is 5.56 Å². The quantitative estimate of drug-likeness (QED) is 0.780. The Bertz CT molecular complexity index is 382. The molecule has 6 heteroatoms. The van der Waals surface area contributed by atoms with E-state index >= 15 is 0 Å². The summed E-state index contributed by atoms with van der Waals surface area (Å²) in [4.78, 5) is 4.01. The molecule has 2 aromatic rings. The number of nitrogen functional groups attached to an aromatic ring is 1. The second-order valence-corrected chi connectivity index (χ2v) is 4.58. The molecule has 0 atom stereocenters. The molecule has 74 valence electrons. The Morgan fingerprint density at radius 1 is 1.57 bits per heavy atom. The van der Waals surface area contributed by atoms with Crippen molar-refractivity contribution >= 4 is 29.0 Å². The molecule has 4 nitrogen and oxygen atoms in total. The van der Waals surface area contributed by atoms with Crippen molar-refractivity contribution in [2.45, 2.75) is 11.6 Å². The SMILES string of the molecule is Nc1nc(SCCc2ccsc2)n[nH]1. The molecule has 2 rings (SSSR count). The lowest BCUT2D eigenvalue weighted by Crippen LogP contribution is -1.87. The van der Waals surface area contributed by atoms with Crippen LogP contribution in [-0.2, 0) is 6.42 Å². The third kappa shape index (κ3) is 2.49. The summed E-state index contributed by atoms with van der Waals surface area (Å²) in [6.45, 7) is 0. The van der Waals surface area contributed by atoms with E-state index in [2.05, 4.69) is 32.0 Å². The lowest BCUT2D eigenvalue weighted by Gasteiger charge is -1.94. The second kappa shape index (κ2) is 4.47. The number of aromatic amines is 1. The average Bonchev–Trinajstić information content (AvgIpc) is 2.77. The predicted molar refractivity (Wildman–Crippen MR) is 59.5 cm³/mol. The lowest BCUT2D eigenvalue weighted by atomic mass is 10.3. The molecule has 0 spiro atoms. The normalized spacial score (nSPS) is 10.6. The molecule has 0 bridgehead atoms. The van der Waals surface area contributed by atoms with Crippen LogP contribution in [0.15, 0.2) is 22.0 Å². The Morgan fingerprint density at radius 3 is 3.14 bits per heavy atom. The van der Waals surface area contributed by atoms with Crippen LogP contribution in [0.3, 0.4) is 0 Å². The summed E-state index contributed by atoms with van der Waals surface area (Å²) < 4.78 is 0. The number of thiophene rings is 1. The van der Waals surface area contributed by atoms with Gasteiger partial charge in [-0.2, -0.15) is 16.3 Å². The fourth-order valence-corrected chi connectivity index (χ4v) is 2.51. The number of anilines is 1. The number of aromatic nitrogens is 3. The van der Waals surface area contributed by atoms with Crippen LogP contribution in [-0.4, -0.2) is 20.9 Å². The maximum Gasteiger partial charge on any atom is 0.216 e. The van der Waals surface area contributed by atoms with Gasteiger partial charge in [-0.15, -0.1) is 5.10 Å². The number of nitrogens with zero attached hydrogens (tertiary/aromatic N) is 2. The summed E-state index contributed by atoms with van der Waals surface area (Å²) in [5.41, 5.74) is 6.77. The summed E-state index contributed by atoms with van der Waals surface area (Å²) in [5.74, 6) is 1.36. The topological polar surface area (TPSA) is 67.6 Å². The zero-order valence-electron chi connectivity index (χ0n) is 7.43. The van der Waals surface area contributed by atoms with Crippen molar-refractivity contribution in [2.24, 2.45) is 0 Å². The van der Waals surface area contributed by atoms with Crippen LogP contribution < -0.4 is 5.73 Å². The number of H-pyrrole nitrogens is 1. The Labute approximate surface area is 89.9 Å². The zero-order chi connectivity index (χ0) is 9.80. The molecule has 0 amide bonds. The summed E-state index contributed by atoms with van der Waals surface area (Å²) in [6, 6.07) is 2.14. The molecule has 2 aromatic heterocycles. The fraction of sp³-hybridized carbons (Fsp3) is 0.250. The number of nitrogens with one attached hydrogen (secondary N) is 1. The third-order valence-electron chi connectivity index (χ3n) is 1.68.